The number of hydrogen-bond donors (Lipinski definition) is 2. The quantitative estimate of drug-likeness (QED) is 0.802. The van der Waals surface area contributed by atoms with Crippen molar-refractivity contribution in [1.82, 2.24) is 10.2 Å². The summed E-state index contributed by atoms with van der Waals surface area (Å²) in [5.41, 5.74) is 0.227. The molecule has 0 amide bonds. The SMILES string of the molecule is CCCN(CC(C)(O)c1ccccc1)C1CNC1. The average molecular weight is 248 g/mol. The van der Waals surface area contributed by atoms with Gasteiger partial charge in [0.05, 0.1) is 5.60 Å². The lowest BCUT2D eigenvalue weighted by atomic mass is 9.94. The first-order valence-corrected chi connectivity index (χ1v) is 6.86. The first-order valence-electron chi connectivity index (χ1n) is 6.86. The molecular formula is C15H24N2O. The van der Waals surface area contributed by atoms with E-state index in [4.69, 9.17) is 0 Å². The van der Waals surface area contributed by atoms with Crippen LogP contribution in [0.3, 0.4) is 0 Å². The lowest BCUT2D eigenvalue weighted by Gasteiger charge is -2.41. The number of nitrogens with zero attached hydrogens (tertiary/aromatic N) is 1. The van der Waals surface area contributed by atoms with Gasteiger partial charge in [0.25, 0.3) is 0 Å². The lowest BCUT2D eigenvalue weighted by Crippen LogP contribution is -2.59. The molecule has 1 fully saturated rings. The number of nitrogens with one attached hydrogen (secondary N) is 1. The van der Waals surface area contributed by atoms with E-state index in [1.54, 1.807) is 0 Å². The fourth-order valence-electron chi connectivity index (χ4n) is 2.49. The smallest absolute Gasteiger partial charge is 0.0994 e. The van der Waals surface area contributed by atoms with Gasteiger partial charge in [-0.1, -0.05) is 37.3 Å². The largest absolute Gasteiger partial charge is 0.384 e. The van der Waals surface area contributed by atoms with E-state index in [1.807, 2.05) is 37.3 Å². The van der Waals surface area contributed by atoms with E-state index in [2.05, 4.69) is 17.1 Å². The summed E-state index contributed by atoms with van der Waals surface area (Å²) in [6.45, 7) is 7.95. The molecule has 0 aromatic heterocycles. The molecule has 3 heteroatoms. The molecule has 3 nitrogen and oxygen atoms in total. The van der Waals surface area contributed by atoms with Crippen molar-refractivity contribution in [2.24, 2.45) is 0 Å². The van der Waals surface area contributed by atoms with Gasteiger partial charge in [0.15, 0.2) is 0 Å². The van der Waals surface area contributed by atoms with E-state index in [0.717, 1.165) is 31.6 Å². The third-order valence-electron chi connectivity index (χ3n) is 3.69. The van der Waals surface area contributed by atoms with Crippen LogP contribution in [-0.4, -0.2) is 42.2 Å². The van der Waals surface area contributed by atoms with Gasteiger partial charge >= 0.3 is 0 Å². The first-order chi connectivity index (χ1) is 8.63. The van der Waals surface area contributed by atoms with Gasteiger partial charge < -0.3 is 10.4 Å². The molecule has 0 bridgehead atoms. The highest BCUT2D eigenvalue weighted by molar-refractivity contribution is 5.22. The molecule has 0 radical (unpaired) electrons. The van der Waals surface area contributed by atoms with Crippen molar-refractivity contribution < 1.29 is 5.11 Å². The molecule has 100 valence electrons. The van der Waals surface area contributed by atoms with Gasteiger partial charge in [0.1, 0.15) is 0 Å². The Morgan fingerprint density at radius 1 is 1.33 bits per heavy atom. The number of aliphatic hydroxyl groups is 1. The Morgan fingerprint density at radius 2 is 2.00 bits per heavy atom. The van der Waals surface area contributed by atoms with Gasteiger partial charge in [0.2, 0.25) is 0 Å². The fourth-order valence-corrected chi connectivity index (χ4v) is 2.49. The van der Waals surface area contributed by atoms with E-state index >= 15 is 0 Å². The van der Waals surface area contributed by atoms with Crippen molar-refractivity contribution in [1.29, 1.82) is 0 Å². The van der Waals surface area contributed by atoms with Crippen LogP contribution < -0.4 is 5.32 Å². The summed E-state index contributed by atoms with van der Waals surface area (Å²) in [4.78, 5) is 2.41. The second-order valence-electron chi connectivity index (χ2n) is 5.42. The normalized spacial score (nSPS) is 19.6. The van der Waals surface area contributed by atoms with Crippen LogP contribution in [-0.2, 0) is 5.60 Å². The van der Waals surface area contributed by atoms with Crippen LogP contribution in [0.25, 0.3) is 0 Å². The summed E-state index contributed by atoms with van der Waals surface area (Å²) < 4.78 is 0. The topological polar surface area (TPSA) is 35.5 Å². The van der Waals surface area contributed by atoms with Gasteiger partial charge in [-0.25, -0.2) is 0 Å². The highest BCUT2D eigenvalue weighted by Crippen LogP contribution is 2.23. The molecule has 1 aromatic carbocycles. The van der Waals surface area contributed by atoms with Crippen LogP contribution in [0.1, 0.15) is 25.8 Å². The third kappa shape index (κ3) is 3.10. The van der Waals surface area contributed by atoms with Crippen LogP contribution >= 0.6 is 0 Å². The summed E-state index contributed by atoms with van der Waals surface area (Å²) in [6.07, 6.45) is 1.13. The Kier molecular flexibility index (Phi) is 4.38. The van der Waals surface area contributed by atoms with Crippen molar-refractivity contribution in [3.8, 4) is 0 Å². The predicted molar refractivity (Wildman–Crippen MR) is 74.5 cm³/mol. The lowest BCUT2D eigenvalue weighted by molar-refractivity contribution is -0.00634. The van der Waals surface area contributed by atoms with Gasteiger partial charge in [-0.15, -0.1) is 0 Å². The fraction of sp³-hybridized carbons (Fsp3) is 0.600. The zero-order valence-corrected chi connectivity index (χ0v) is 11.4. The molecular weight excluding hydrogens is 224 g/mol. The van der Waals surface area contributed by atoms with Gasteiger partial charge in [-0.05, 0) is 25.5 Å². The van der Waals surface area contributed by atoms with Gasteiger partial charge in [-0.3, -0.25) is 4.90 Å². The highest BCUT2D eigenvalue weighted by atomic mass is 16.3. The molecule has 2 rings (SSSR count). The molecule has 0 spiro atoms. The Bertz CT molecular complexity index is 360. The van der Waals surface area contributed by atoms with Crippen molar-refractivity contribution in [3.63, 3.8) is 0 Å². The third-order valence-corrected chi connectivity index (χ3v) is 3.69. The molecule has 2 N–H and O–H groups in total. The predicted octanol–water partition coefficient (Wildman–Crippen LogP) is 1.58. The maximum atomic E-state index is 10.7. The number of benzene rings is 1. The van der Waals surface area contributed by atoms with Crippen molar-refractivity contribution in [2.45, 2.75) is 31.9 Å². The second kappa shape index (κ2) is 5.83. The minimum atomic E-state index is -0.772. The van der Waals surface area contributed by atoms with E-state index in [9.17, 15) is 5.11 Å². The molecule has 1 heterocycles. The molecule has 1 aliphatic heterocycles. The molecule has 0 saturated carbocycles. The van der Waals surface area contributed by atoms with Crippen molar-refractivity contribution in [3.05, 3.63) is 35.9 Å². The second-order valence-corrected chi connectivity index (χ2v) is 5.42. The maximum Gasteiger partial charge on any atom is 0.0994 e. The Hall–Kier alpha value is -0.900. The molecule has 1 unspecified atom stereocenters. The summed E-state index contributed by atoms with van der Waals surface area (Å²) in [6, 6.07) is 10.5. The van der Waals surface area contributed by atoms with Crippen molar-refractivity contribution in [2.75, 3.05) is 26.2 Å². The van der Waals surface area contributed by atoms with E-state index in [0.29, 0.717) is 12.6 Å². The molecule has 1 saturated heterocycles. The van der Waals surface area contributed by atoms with Crippen LogP contribution in [0.2, 0.25) is 0 Å². The summed E-state index contributed by atoms with van der Waals surface area (Å²) in [5, 5.41) is 14.0. The maximum absolute atomic E-state index is 10.7. The van der Waals surface area contributed by atoms with Gasteiger partial charge in [-0.2, -0.15) is 0 Å². The summed E-state index contributed by atoms with van der Waals surface area (Å²) >= 11 is 0. The highest BCUT2D eigenvalue weighted by Gasteiger charge is 2.31. The molecule has 0 aliphatic carbocycles. The van der Waals surface area contributed by atoms with Crippen LogP contribution in [0, 0.1) is 0 Å². The molecule has 1 atom stereocenters. The zero-order chi connectivity index (χ0) is 13.0. The van der Waals surface area contributed by atoms with Crippen LogP contribution in [0.4, 0.5) is 0 Å². The molecule has 1 aromatic rings. The minimum Gasteiger partial charge on any atom is -0.384 e. The number of hydrogen-bond acceptors (Lipinski definition) is 3. The standard InChI is InChI=1S/C15H24N2O/c1-3-9-17(14-10-16-11-14)12-15(2,18)13-7-5-4-6-8-13/h4-8,14,16,18H,3,9-12H2,1-2H3. The molecule has 18 heavy (non-hydrogen) atoms. The van der Waals surface area contributed by atoms with Gasteiger partial charge in [0, 0.05) is 25.7 Å². The van der Waals surface area contributed by atoms with E-state index in [-0.39, 0.29) is 0 Å². The minimum absolute atomic E-state index is 0.583. The zero-order valence-electron chi connectivity index (χ0n) is 11.4. The molecule has 1 aliphatic rings. The average Bonchev–Trinajstić information content (AvgIpc) is 2.28. The Morgan fingerprint density at radius 3 is 2.50 bits per heavy atom. The summed E-state index contributed by atoms with van der Waals surface area (Å²) in [7, 11) is 0. The number of rotatable bonds is 6. The Labute approximate surface area is 110 Å². The van der Waals surface area contributed by atoms with Crippen LogP contribution in [0.5, 0.6) is 0 Å². The first kappa shape index (κ1) is 13.5. The Balaban J connectivity index is 2.04. The summed E-state index contributed by atoms with van der Waals surface area (Å²) in [5.74, 6) is 0. The van der Waals surface area contributed by atoms with E-state index in [1.165, 1.54) is 0 Å². The monoisotopic (exact) mass is 248 g/mol. The van der Waals surface area contributed by atoms with E-state index < -0.39 is 5.60 Å². The van der Waals surface area contributed by atoms with Crippen LogP contribution in [0.15, 0.2) is 30.3 Å². The van der Waals surface area contributed by atoms with Crippen molar-refractivity contribution >= 4 is 0 Å².